The first kappa shape index (κ1) is 13.1. The van der Waals surface area contributed by atoms with E-state index in [0.717, 1.165) is 0 Å². The number of phenolic OH excluding ortho intramolecular Hbond substituents is 1. The topological polar surface area (TPSA) is 73.7 Å². The molecule has 1 aromatic carbocycles. The van der Waals surface area contributed by atoms with Crippen molar-refractivity contribution in [1.29, 1.82) is 0 Å². The first-order valence-corrected chi connectivity index (χ1v) is 7.22. The van der Waals surface area contributed by atoms with Gasteiger partial charge in [0.1, 0.15) is 5.75 Å². The molecule has 2 heterocycles. The number of anilines is 1. The van der Waals surface area contributed by atoms with Gasteiger partial charge in [-0.3, -0.25) is 9.69 Å². The lowest BCUT2D eigenvalue weighted by Crippen LogP contribution is -2.24. The van der Waals surface area contributed by atoms with Crippen LogP contribution in [0.25, 0.3) is 11.3 Å². The van der Waals surface area contributed by atoms with Gasteiger partial charge in [0.15, 0.2) is 5.13 Å². The zero-order valence-corrected chi connectivity index (χ0v) is 11.5. The molecule has 2 aromatic rings. The van der Waals surface area contributed by atoms with Gasteiger partial charge in [0.2, 0.25) is 5.91 Å². The number of para-hydroxylation sites is 1. The van der Waals surface area contributed by atoms with Gasteiger partial charge in [-0.1, -0.05) is 12.1 Å². The Morgan fingerprint density at radius 3 is 2.90 bits per heavy atom. The normalized spacial score (nSPS) is 18.8. The number of hydrogen-bond acceptors (Lipinski definition) is 5. The maximum absolute atomic E-state index is 11.9. The molecule has 20 heavy (non-hydrogen) atoms. The van der Waals surface area contributed by atoms with Gasteiger partial charge < -0.3 is 10.2 Å². The molecule has 1 aromatic heterocycles. The van der Waals surface area contributed by atoms with Crippen LogP contribution in [0, 0.1) is 5.92 Å². The van der Waals surface area contributed by atoms with E-state index in [9.17, 15) is 9.90 Å². The molecule has 1 unspecified atom stereocenters. The highest BCUT2D eigenvalue weighted by Crippen LogP contribution is 2.34. The molecule has 2 N–H and O–H groups in total. The summed E-state index contributed by atoms with van der Waals surface area (Å²) < 4.78 is 0. The molecule has 1 aliphatic rings. The molecule has 0 saturated carbocycles. The van der Waals surface area contributed by atoms with Gasteiger partial charge in [-0.05, 0) is 12.1 Å². The second kappa shape index (κ2) is 5.22. The molecule has 5 nitrogen and oxygen atoms in total. The minimum Gasteiger partial charge on any atom is -0.507 e. The van der Waals surface area contributed by atoms with E-state index in [0.29, 0.717) is 29.4 Å². The van der Waals surface area contributed by atoms with Crippen molar-refractivity contribution in [1.82, 2.24) is 4.98 Å². The largest absolute Gasteiger partial charge is 0.507 e. The summed E-state index contributed by atoms with van der Waals surface area (Å²) in [7, 11) is 0. The van der Waals surface area contributed by atoms with E-state index in [1.54, 1.807) is 23.1 Å². The fourth-order valence-corrected chi connectivity index (χ4v) is 3.14. The Hall–Kier alpha value is -1.92. The Morgan fingerprint density at radius 2 is 2.20 bits per heavy atom. The van der Waals surface area contributed by atoms with Gasteiger partial charge in [0, 0.05) is 36.4 Å². The third-order valence-corrected chi connectivity index (χ3v) is 4.23. The van der Waals surface area contributed by atoms with Crippen molar-refractivity contribution in [2.24, 2.45) is 5.92 Å². The third kappa shape index (κ3) is 2.28. The summed E-state index contributed by atoms with van der Waals surface area (Å²) in [6.45, 7) is 0.517. The van der Waals surface area contributed by atoms with Crippen LogP contribution in [-0.2, 0) is 4.79 Å². The standard InChI is InChI=1S/C14H14N2O3S/c17-7-9-5-13(19)16(6-9)14-15-11(8-20-14)10-3-1-2-4-12(10)18/h1-4,8-9,17-18H,5-7H2. The molecule has 1 atom stereocenters. The molecular formula is C14H14N2O3S. The monoisotopic (exact) mass is 290 g/mol. The Balaban J connectivity index is 1.88. The first-order chi connectivity index (χ1) is 9.69. The maximum atomic E-state index is 11.9. The van der Waals surface area contributed by atoms with E-state index in [4.69, 9.17) is 5.11 Å². The van der Waals surface area contributed by atoms with Crippen molar-refractivity contribution < 1.29 is 15.0 Å². The van der Waals surface area contributed by atoms with E-state index < -0.39 is 0 Å². The number of aliphatic hydroxyl groups excluding tert-OH is 1. The molecule has 1 saturated heterocycles. The number of carbonyl (C=O) groups excluding carboxylic acids is 1. The van der Waals surface area contributed by atoms with E-state index in [2.05, 4.69) is 4.98 Å². The van der Waals surface area contributed by atoms with Crippen molar-refractivity contribution in [3.63, 3.8) is 0 Å². The van der Waals surface area contributed by atoms with E-state index in [1.807, 2.05) is 11.4 Å². The van der Waals surface area contributed by atoms with Gasteiger partial charge in [0.05, 0.1) is 5.69 Å². The number of carbonyl (C=O) groups is 1. The molecule has 0 radical (unpaired) electrons. The second-order valence-electron chi connectivity index (χ2n) is 4.79. The van der Waals surface area contributed by atoms with Crippen LogP contribution >= 0.6 is 11.3 Å². The van der Waals surface area contributed by atoms with Crippen molar-refractivity contribution in [2.45, 2.75) is 6.42 Å². The lowest BCUT2D eigenvalue weighted by molar-refractivity contribution is -0.117. The van der Waals surface area contributed by atoms with Crippen molar-refractivity contribution >= 4 is 22.4 Å². The van der Waals surface area contributed by atoms with Crippen LogP contribution < -0.4 is 4.90 Å². The summed E-state index contributed by atoms with van der Waals surface area (Å²) in [4.78, 5) is 17.9. The number of benzene rings is 1. The average molecular weight is 290 g/mol. The van der Waals surface area contributed by atoms with Crippen molar-refractivity contribution in [3.05, 3.63) is 29.6 Å². The van der Waals surface area contributed by atoms with Gasteiger partial charge in [-0.2, -0.15) is 0 Å². The zero-order valence-electron chi connectivity index (χ0n) is 10.7. The number of amides is 1. The lowest BCUT2D eigenvalue weighted by Gasteiger charge is -2.11. The molecule has 1 fully saturated rings. The van der Waals surface area contributed by atoms with E-state index >= 15 is 0 Å². The summed E-state index contributed by atoms with van der Waals surface area (Å²) in [6, 6.07) is 6.98. The van der Waals surface area contributed by atoms with Crippen LogP contribution in [-0.4, -0.2) is 34.3 Å². The van der Waals surface area contributed by atoms with Crippen LogP contribution in [0.4, 0.5) is 5.13 Å². The predicted molar refractivity (Wildman–Crippen MR) is 76.8 cm³/mol. The van der Waals surface area contributed by atoms with Crippen LogP contribution in [0.2, 0.25) is 0 Å². The summed E-state index contributed by atoms with van der Waals surface area (Å²) >= 11 is 1.37. The highest BCUT2D eigenvalue weighted by Gasteiger charge is 2.31. The Morgan fingerprint density at radius 1 is 1.40 bits per heavy atom. The van der Waals surface area contributed by atoms with Crippen LogP contribution in [0.3, 0.4) is 0 Å². The number of phenols is 1. The second-order valence-corrected chi connectivity index (χ2v) is 5.63. The molecule has 0 spiro atoms. The molecule has 0 bridgehead atoms. The highest BCUT2D eigenvalue weighted by atomic mass is 32.1. The van der Waals surface area contributed by atoms with E-state index in [1.165, 1.54) is 11.3 Å². The Bertz CT molecular complexity index is 641. The molecule has 0 aliphatic carbocycles. The molecule has 6 heteroatoms. The average Bonchev–Trinajstić information content (AvgIpc) is 3.05. The maximum Gasteiger partial charge on any atom is 0.229 e. The molecule has 104 valence electrons. The fourth-order valence-electron chi connectivity index (χ4n) is 2.29. The lowest BCUT2D eigenvalue weighted by atomic mass is 10.1. The van der Waals surface area contributed by atoms with Crippen molar-refractivity contribution in [2.75, 3.05) is 18.1 Å². The fraction of sp³-hybridized carbons (Fsp3) is 0.286. The van der Waals surface area contributed by atoms with Crippen LogP contribution in [0.1, 0.15) is 6.42 Å². The third-order valence-electron chi connectivity index (χ3n) is 3.37. The number of rotatable bonds is 3. The van der Waals surface area contributed by atoms with Gasteiger partial charge in [-0.25, -0.2) is 4.98 Å². The van der Waals surface area contributed by atoms with Crippen LogP contribution in [0.5, 0.6) is 5.75 Å². The van der Waals surface area contributed by atoms with Gasteiger partial charge >= 0.3 is 0 Å². The Labute approximate surface area is 120 Å². The number of aliphatic hydroxyl groups is 1. The summed E-state index contributed by atoms with van der Waals surface area (Å²) in [5, 5.41) is 21.4. The molecule has 1 amide bonds. The SMILES string of the molecule is O=C1CC(CO)CN1c1nc(-c2ccccc2O)cs1. The molecular weight excluding hydrogens is 276 g/mol. The smallest absolute Gasteiger partial charge is 0.229 e. The number of nitrogens with zero attached hydrogens (tertiary/aromatic N) is 2. The van der Waals surface area contributed by atoms with Gasteiger partial charge in [-0.15, -0.1) is 11.3 Å². The quantitative estimate of drug-likeness (QED) is 0.905. The summed E-state index contributed by atoms with van der Waals surface area (Å²) in [6.07, 6.45) is 0.363. The minimum absolute atomic E-state index is 0.0118. The summed E-state index contributed by atoms with van der Waals surface area (Å²) in [5.74, 6) is 0.146. The molecule has 3 rings (SSSR count). The predicted octanol–water partition coefficient (Wildman–Crippen LogP) is 1.86. The Kier molecular flexibility index (Phi) is 3.42. The van der Waals surface area contributed by atoms with Crippen molar-refractivity contribution in [3.8, 4) is 17.0 Å². The zero-order chi connectivity index (χ0) is 14.1. The van der Waals surface area contributed by atoms with Crippen LogP contribution in [0.15, 0.2) is 29.6 Å². The minimum atomic E-state index is -0.0139. The molecule has 1 aliphatic heterocycles. The highest BCUT2D eigenvalue weighted by molar-refractivity contribution is 7.14. The number of aromatic nitrogens is 1. The number of aromatic hydroxyl groups is 1. The number of thiazole rings is 1. The number of hydrogen-bond donors (Lipinski definition) is 2. The van der Waals surface area contributed by atoms with Gasteiger partial charge in [0.25, 0.3) is 0 Å². The van der Waals surface area contributed by atoms with E-state index in [-0.39, 0.29) is 24.2 Å². The summed E-state index contributed by atoms with van der Waals surface area (Å²) in [5.41, 5.74) is 1.31. The first-order valence-electron chi connectivity index (χ1n) is 6.34.